The van der Waals surface area contributed by atoms with Gasteiger partial charge in [0.05, 0.1) is 6.20 Å². The molecule has 2 amide bonds. The van der Waals surface area contributed by atoms with Crippen LogP contribution in [0.15, 0.2) is 73.4 Å². The molecule has 0 unspecified atom stereocenters. The molecule has 212 valence electrons. The molecule has 4 aromatic rings. The number of hydrogen-bond donors (Lipinski definition) is 4. The minimum atomic E-state index is -0.338. The quantitative estimate of drug-likeness (QED) is 0.205. The third-order valence-corrected chi connectivity index (χ3v) is 6.87. The minimum Gasteiger partial charge on any atom is -0.473 e. The molecule has 41 heavy (non-hydrogen) atoms. The van der Waals surface area contributed by atoms with E-state index in [1.807, 2.05) is 41.0 Å². The molecule has 0 bridgehead atoms. The van der Waals surface area contributed by atoms with Crippen LogP contribution in [0.1, 0.15) is 54.1 Å². The second-order valence-electron chi connectivity index (χ2n) is 10.3. The SMILES string of the molecule is C=CC(=O)Nc1cccc(C(=O)Nc2cccc(CNc3cc(O[C@@H]4CCCNC4)nc4c(C(C)C)cnn34)c2)c1. The van der Waals surface area contributed by atoms with Gasteiger partial charge < -0.3 is 26.0 Å². The van der Waals surface area contributed by atoms with E-state index in [-0.39, 0.29) is 23.8 Å². The van der Waals surface area contributed by atoms with Crippen LogP contribution < -0.4 is 26.0 Å². The molecule has 1 saturated heterocycles. The highest BCUT2D eigenvalue weighted by molar-refractivity contribution is 6.06. The van der Waals surface area contributed by atoms with Crippen LogP contribution in [0.3, 0.4) is 0 Å². The van der Waals surface area contributed by atoms with E-state index < -0.39 is 0 Å². The molecular formula is C31H35N7O3. The van der Waals surface area contributed by atoms with Crippen LogP contribution in [0.25, 0.3) is 5.65 Å². The van der Waals surface area contributed by atoms with Gasteiger partial charge in [-0.15, -0.1) is 0 Å². The number of nitrogens with zero attached hydrogens (tertiary/aromatic N) is 3. The van der Waals surface area contributed by atoms with E-state index in [0.717, 1.165) is 48.5 Å². The zero-order valence-electron chi connectivity index (χ0n) is 23.3. The summed E-state index contributed by atoms with van der Waals surface area (Å²) in [6.07, 6.45) is 5.19. The molecule has 2 aromatic heterocycles. The first-order chi connectivity index (χ1) is 19.9. The van der Waals surface area contributed by atoms with Crippen LogP contribution in [0.2, 0.25) is 0 Å². The summed E-state index contributed by atoms with van der Waals surface area (Å²) < 4.78 is 8.08. The number of hydrogen-bond acceptors (Lipinski definition) is 7. The van der Waals surface area contributed by atoms with Gasteiger partial charge in [-0.05, 0) is 67.3 Å². The van der Waals surface area contributed by atoms with Gasteiger partial charge in [0.25, 0.3) is 5.91 Å². The Morgan fingerprint density at radius 1 is 1.15 bits per heavy atom. The fraction of sp³-hybridized carbons (Fsp3) is 0.290. The van der Waals surface area contributed by atoms with Gasteiger partial charge >= 0.3 is 0 Å². The first-order valence-electron chi connectivity index (χ1n) is 13.8. The van der Waals surface area contributed by atoms with Crippen molar-refractivity contribution in [2.24, 2.45) is 0 Å². The normalized spacial score (nSPS) is 15.0. The van der Waals surface area contributed by atoms with E-state index in [9.17, 15) is 9.59 Å². The van der Waals surface area contributed by atoms with Gasteiger partial charge in [-0.1, -0.05) is 38.6 Å². The number of aromatic nitrogens is 3. The number of benzene rings is 2. The molecule has 0 radical (unpaired) electrons. The lowest BCUT2D eigenvalue weighted by atomic mass is 10.1. The van der Waals surface area contributed by atoms with Crippen molar-refractivity contribution >= 4 is 34.7 Å². The zero-order chi connectivity index (χ0) is 28.8. The van der Waals surface area contributed by atoms with Crippen molar-refractivity contribution in [2.75, 3.05) is 29.0 Å². The molecule has 5 rings (SSSR count). The van der Waals surface area contributed by atoms with Crippen LogP contribution in [0.5, 0.6) is 5.88 Å². The summed E-state index contributed by atoms with van der Waals surface area (Å²) in [6.45, 7) is 10.0. The molecule has 3 heterocycles. The fourth-order valence-corrected chi connectivity index (χ4v) is 4.73. The maximum absolute atomic E-state index is 12.9. The van der Waals surface area contributed by atoms with Crippen molar-refractivity contribution in [1.82, 2.24) is 19.9 Å². The van der Waals surface area contributed by atoms with Crippen LogP contribution in [0, 0.1) is 0 Å². The number of carbonyl (C=O) groups is 2. The lowest BCUT2D eigenvalue weighted by molar-refractivity contribution is -0.111. The highest BCUT2D eigenvalue weighted by Gasteiger charge is 2.19. The van der Waals surface area contributed by atoms with Gasteiger partial charge in [0, 0.05) is 41.7 Å². The minimum absolute atomic E-state index is 0.0798. The maximum atomic E-state index is 12.9. The topological polar surface area (TPSA) is 122 Å². The van der Waals surface area contributed by atoms with Crippen LogP contribution >= 0.6 is 0 Å². The molecule has 0 aliphatic carbocycles. The Labute approximate surface area is 239 Å². The summed E-state index contributed by atoms with van der Waals surface area (Å²) in [7, 11) is 0. The summed E-state index contributed by atoms with van der Waals surface area (Å²) >= 11 is 0. The molecule has 10 heteroatoms. The first-order valence-corrected chi connectivity index (χ1v) is 13.8. The molecule has 0 saturated carbocycles. The van der Waals surface area contributed by atoms with Gasteiger partial charge in [0.15, 0.2) is 5.65 Å². The van der Waals surface area contributed by atoms with Gasteiger partial charge in [0.1, 0.15) is 11.9 Å². The molecule has 1 aliphatic rings. The fourth-order valence-electron chi connectivity index (χ4n) is 4.73. The lowest BCUT2D eigenvalue weighted by Gasteiger charge is -2.23. The largest absolute Gasteiger partial charge is 0.473 e. The number of carbonyl (C=O) groups excluding carboxylic acids is 2. The van der Waals surface area contributed by atoms with Crippen LogP contribution in [-0.4, -0.2) is 45.6 Å². The summed E-state index contributed by atoms with van der Waals surface area (Å²) in [4.78, 5) is 29.3. The highest BCUT2D eigenvalue weighted by atomic mass is 16.5. The summed E-state index contributed by atoms with van der Waals surface area (Å²) in [5.41, 5.74) is 4.40. The third kappa shape index (κ3) is 6.90. The van der Waals surface area contributed by atoms with Gasteiger partial charge in [-0.2, -0.15) is 14.6 Å². The second-order valence-corrected chi connectivity index (χ2v) is 10.3. The van der Waals surface area contributed by atoms with E-state index in [4.69, 9.17) is 9.72 Å². The van der Waals surface area contributed by atoms with E-state index in [1.165, 1.54) is 6.08 Å². The number of anilines is 3. The Kier molecular flexibility index (Phi) is 8.59. The Morgan fingerprint density at radius 2 is 1.95 bits per heavy atom. The summed E-state index contributed by atoms with van der Waals surface area (Å²) in [5, 5.41) is 17.1. The molecular weight excluding hydrogens is 518 g/mol. The van der Waals surface area contributed by atoms with E-state index in [2.05, 4.69) is 46.8 Å². The predicted octanol–water partition coefficient (Wildman–Crippen LogP) is 4.97. The van der Waals surface area contributed by atoms with Crippen molar-refractivity contribution in [1.29, 1.82) is 0 Å². The Hall–Kier alpha value is -4.70. The van der Waals surface area contributed by atoms with Crippen molar-refractivity contribution in [3.05, 3.63) is 90.1 Å². The third-order valence-electron chi connectivity index (χ3n) is 6.87. The number of rotatable bonds is 10. The van der Waals surface area contributed by atoms with E-state index in [1.54, 1.807) is 24.3 Å². The molecule has 0 spiro atoms. The lowest BCUT2D eigenvalue weighted by Crippen LogP contribution is -2.37. The Morgan fingerprint density at radius 3 is 2.71 bits per heavy atom. The van der Waals surface area contributed by atoms with Crippen molar-refractivity contribution in [2.45, 2.75) is 45.3 Å². The number of piperidine rings is 1. The van der Waals surface area contributed by atoms with Crippen molar-refractivity contribution in [3.8, 4) is 5.88 Å². The van der Waals surface area contributed by atoms with Crippen molar-refractivity contribution in [3.63, 3.8) is 0 Å². The first kappa shape index (κ1) is 27.9. The molecule has 10 nitrogen and oxygen atoms in total. The second kappa shape index (κ2) is 12.6. The Balaban J connectivity index is 1.31. The average Bonchev–Trinajstić information content (AvgIpc) is 3.41. The zero-order valence-corrected chi connectivity index (χ0v) is 23.3. The van der Waals surface area contributed by atoms with E-state index >= 15 is 0 Å². The monoisotopic (exact) mass is 553 g/mol. The number of amides is 2. The van der Waals surface area contributed by atoms with Crippen LogP contribution in [-0.2, 0) is 11.3 Å². The molecule has 4 N–H and O–H groups in total. The van der Waals surface area contributed by atoms with Gasteiger partial charge in [-0.25, -0.2) is 0 Å². The Bertz CT molecular complexity index is 1560. The molecule has 2 aromatic carbocycles. The van der Waals surface area contributed by atoms with Crippen LogP contribution in [0.4, 0.5) is 17.2 Å². The van der Waals surface area contributed by atoms with Crippen molar-refractivity contribution < 1.29 is 14.3 Å². The maximum Gasteiger partial charge on any atom is 0.255 e. The molecule has 1 aliphatic heterocycles. The summed E-state index contributed by atoms with van der Waals surface area (Å²) in [5.74, 6) is 0.989. The molecule has 1 fully saturated rings. The smallest absolute Gasteiger partial charge is 0.255 e. The van der Waals surface area contributed by atoms with Gasteiger partial charge in [0.2, 0.25) is 11.8 Å². The standard InChI is InChI=1S/C31H35N7O3/c1-4-28(39)35-24-11-6-9-22(15-24)31(40)36-23-10-5-8-21(14-23)17-33-27-16-29(41-25-12-7-13-32-18-25)37-30-26(20(2)3)19-34-38(27)30/h4-6,8-11,14-16,19-20,25,32-33H,1,7,12-13,17-18H2,2-3H3,(H,35,39)(H,36,40)/t25-/m1/s1. The highest BCUT2D eigenvalue weighted by Crippen LogP contribution is 2.26. The van der Waals surface area contributed by atoms with Gasteiger partial charge in [-0.3, -0.25) is 9.59 Å². The van der Waals surface area contributed by atoms with E-state index in [0.29, 0.717) is 29.4 Å². The average molecular weight is 554 g/mol. The number of ether oxygens (including phenoxy) is 1. The summed E-state index contributed by atoms with van der Waals surface area (Å²) in [6, 6.07) is 16.3. The number of nitrogens with one attached hydrogen (secondary N) is 4. The predicted molar refractivity (Wildman–Crippen MR) is 161 cm³/mol. The number of fused-ring (bicyclic) bond motifs is 1. The molecule has 1 atom stereocenters.